The van der Waals surface area contributed by atoms with E-state index in [1.165, 1.54) is 19.3 Å². The van der Waals surface area contributed by atoms with Gasteiger partial charge in [0.2, 0.25) is 5.84 Å². The summed E-state index contributed by atoms with van der Waals surface area (Å²) >= 11 is 0. The van der Waals surface area contributed by atoms with Crippen LogP contribution in [0.5, 0.6) is 0 Å². The summed E-state index contributed by atoms with van der Waals surface area (Å²) in [5, 5.41) is 5.29. The van der Waals surface area contributed by atoms with Crippen molar-refractivity contribution >= 4 is 5.84 Å². The fourth-order valence-electron chi connectivity index (χ4n) is 0.742. The molecule has 0 aromatic heterocycles. The molecule has 0 aromatic rings. The molecule has 4 N–H and O–H groups in total. The van der Waals surface area contributed by atoms with Gasteiger partial charge in [-0.3, -0.25) is 11.1 Å². The Balaban J connectivity index is 2.27. The maximum atomic E-state index is 5.29. The smallest absolute Gasteiger partial charge is 0.241 e. The van der Waals surface area contributed by atoms with E-state index in [0.717, 1.165) is 0 Å². The Morgan fingerprint density at radius 2 is 2.14 bits per heavy atom. The van der Waals surface area contributed by atoms with Gasteiger partial charge in [-0.25, -0.2) is 0 Å². The van der Waals surface area contributed by atoms with Crippen molar-refractivity contribution in [3.63, 3.8) is 0 Å². The summed E-state index contributed by atoms with van der Waals surface area (Å²) in [4.78, 5) is 0. The lowest BCUT2D eigenvalue weighted by molar-refractivity contribution is -0.124. The Hall–Kier alpha value is -0.530. The second-order valence-electron chi connectivity index (χ2n) is 2.13. The number of nitrogens with two attached hydrogens (primary N) is 2. The highest BCUT2D eigenvalue weighted by Crippen LogP contribution is 2.24. The highest BCUT2D eigenvalue weighted by atomic mass is 14.7. The minimum atomic E-state index is 0.556. The van der Waals surface area contributed by atoms with E-state index in [1.54, 1.807) is 0 Å². The summed E-state index contributed by atoms with van der Waals surface area (Å²) < 4.78 is 0. The Bertz CT molecular complexity index is 84.1. The highest BCUT2D eigenvalue weighted by Gasteiger charge is 2.23. The first-order valence-electron chi connectivity index (χ1n) is 2.68. The van der Waals surface area contributed by atoms with Crippen LogP contribution in [0.2, 0.25) is 0 Å². The predicted molar refractivity (Wildman–Crippen MR) is 28.5 cm³/mol. The summed E-state index contributed by atoms with van der Waals surface area (Å²) in [6, 6.07) is 0. The monoisotopic (exact) mass is 99.1 g/mol. The molecular formula is C5H11N2+. The maximum absolute atomic E-state index is 5.29. The molecule has 0 aliphatic heterocycles. The van der Waals surface area contributed by atoms with Crippen molar-refractivity contribution in [3.05, 3.63) is 0 Å². The summed E-state index contributed by atoms with van der Waals surface area (Å²) in [6.07, 6.45) is 3.73. The number of hydrogen-bond donors (Lipinski definition) is 2. The number of amidine groups is 1. The molecule has 0 radical (unpaired) electrons. The third-order valence-corrected chi connectivity index (χ3v) is 1.58. The molecule has 0 heterocycles. The van der Waals surface area contributed by atoms with Crippen LogP contribution >= 0.6 is 0 Å². The van der Waals surface area contributed by atoms with Crippen molar-refractivity contribution in [2.45, 2.75) is 19.3 Å². The number of rotatable bonds is 1. The minimum Gasteiger partial charge on any atom is -0.291 e. The molecule has 2 nitrogen and oxygen atoms in total. The van der Waals surface area contributed by atoms with Crippen molar-refractivity contribution < 1.29 is 5.41 Å². The van der Waals surface area contributed by atoms with E-state index in [4.69, 9.17) is 11.1 Å². The molecule has 1 rings (SSSR count). The SMILES string of the molecule is NC(=[NH2+])C1CCC1. The Morgan fingerprint density at radius 3 is 2.14 bits per heavy atom. The molecule has 0 unspecified atom stereocenters. The second kappa shape index (κ2) is 1.52. The Labute approximate surface area is 43.2 Å². The van der Waals surface area contributed by atoms with Crippen LogP contribution in [0, 0.1) is 5.92 Å². The van der Waals surface area contributed by atoms with Crippen LogP contribution in [0.3, 0.4) is 0 Å². The summed E-state index contributed by atoms with van der Waals surface area (Å²) in [5.74, 6) is 1.19. The molecule has 0 saturated heterocycles. The van der Waals surface area contributed by atoms with Crippen LogP contribution in [0.1, 0.15) is 19.3 Å². The molecule has 1 fully saturated rings. The van der Waals surface area contributed by atoms with E-state index in [9.17, 15) is 0 Å². The lowest BCUT2D eigenvalue weighted by Gasteiger charge is -2.19. The van der Waals surface area contributed by atoms with Gasteiger partial charge in [0, 0.05) is 0 Å². The fraction of sp³-hybridized carbons (Fsp3) is 0.800. The van der Waals surface area contributed by atoms with E-state index >= 15 is 0 Å². The molecule has 1 aliphatic rings. The molecule has 0 amide bonds. The Morgan fingerprint density at radius 1 is 1.57 bits per heavy atom. The average molecular weight is 99.2 g/mol. The summed E-state index contributed by atoms with van der Waals surface area (Å²) in [7, 11) is 0. The zero-order chi connectivity index (χ0) is 5.28. The first-order chi connectivity index (χ1) is 3.30. The highest BCUT2D eigenvalue weighted by molar-refractivity contribution is 5.77. The van der Waals surface area contributed by atoms with E-state index in [2.05, 4.69) is 0 Å². The van der Waals surface area contributed by atoms with Gasteiger partial charge in [-0.2, -0.15) is 0 Å². The van der Waals surface area contributed by atoms with Gasteiger partial charge in [0.15, 0.2) is 0 Å². The summed E-state index contributed by atoms with van der Waals surface area (Å²) in [6.45, 7) is 0. The van der Waals surface area contributed by atoms with Crippen LogP contribution in [-0.2, 0) is 0 Å². The minimum absolute atomic E-state index is 0.556. The van der Waals surface area contributed by atoms with Crippen LogP contribution in [0.4, 0.5) is 0 Å². The molecule has 1 saturated carbocycles. The third kappa shape index (κ3) is 0.734. The zero-order valence-electron chi connectivity index (χ0n) is 4.35. The van der Waals surface area contributed by atoms with Crippen LogP contribution < -0.4 is 11.1 Å². The zero-order valence-corrected chi connectivity index (χ0v) is 4.35. The van der Waals surface area contributed by atoms with Crippen LogP contribution in [0.25, 0.3) is 0 Å². The lowest BCUT2D eigenvalue weighted by atomic mass is 9.85. The van der Waals surface area contributed by atoms with Gasteiger partial charge in [0.1, 0.15) is 0 Å². The quantitative estimate of drug-likeness (QED) is 0.318. The lowest BCUT2D eigenvalue weighted by Crippen LogP contribution is -2.51. The van der Waals surface area contributed by atoms with Gasteiger partial charge in [0.25, 0.3) is 0 Å². The average Bonchev–Trinajstić information content (AvgIpc) is 1.23. The van der Waals surface area contributed by atoms with Crippen molar-refractivity contribution in [3.8, 4) is 0 Å². The largest absolute Gasteiger partial charge is 0.291 e. The van der Waals surface area contributed by atoms with E-state index < -0.39 is 0 Å². The van der Waals surface area contributed by atoms with E-state index in [1.807, 2.05) is 0 Å². The maximum Gasteiger partial charge on any atom is 0.241 e. The number of hydrogen-bond acceptors (Lipinski definition) is 0. The molecule has 40 valence electrons. The second-order valence-corrected chi connectivity index (χ2v) is 2.13. The molecular weight excluding hydrogens is 88.1 g/mol. The van der Waals surface area contributed by atoms with Crippen LogP contribution in [-0.4, -0.2) is 5.84 Å². The van der Waals surface area contributed by atoms with Crippen molar-refractivity contribution in [1.82, 2.24) is 0 Å². The van der Waals surface area contributed by atoms with Crippen molar-refractivity contribution in [2.75, 3.05) is 0 Å². The predicted octanol–water partition coefficient (Wildman–Crippen LogP) is -1.10. The van der Waals surface area contributed by atoms with Gasteiger partial charge >= 0.3 is 0 Å². The van der Waals surface area contributed by atoms with Gasteiger partial charge < -0.3 is 0 Å². The van der Waals surface area contributed by atoms with Gasteiger partial charge in [0.05, 0.1) is 5.92 Å². The van der Waals surface area contributed by atoms with Crippen molar-refractivity contribution in [2.24, 2.45) is 11.7 Å². The van der Waals surface area contributed by atoms with Crippen molar-refractivity contribution in [1.29, 1.82) is 0 Å². The summed E-state index contributed by atoms with van der Waals surface area (Å²) in [5.41, 5.74) is 5.29. The molecule has 1 aliphatic carbocycles. The topological polar surface area (TPSA) is 51.6 Å². The molecule has 7 heavy (non-hydrogen) atoms. The first-order valence-corrected chi connectivity index (χ1v) is 2.68. The molecule has 2 heteroatoms. The van der Waals surface area contributed by atoms with E-state index in [0.29, 0.717) is 11.8 Å². The fourth-order valence-corrected chi connectivity index (χ4v) is 0.742. The third-order valence-electron chi connectivity index (χ3n) is 1.58. The van der Waals surface area contributed by atoms with Gasteiger partial charge in [-0.15, -0.1) is 0 Å². The van der Waals surface area contributed by atoms with Gasteiger partial charge in [-0.05, 0) is 12.8 Å². The molecule has 0 aromatic carbocycles. The first kappa shape index (κ1) is 4.62. The standard InChI is InChI=1S/C5H10N2/c6-5(7)4-2-1-3-4/h4H,1-3H2,(H3,6,7)/p+1. The molecule has 0 bridgehead atoms. The normalized spacial score (nSPS) is 21.1. The van der Waals surface area contributed by atoms with Gasteiger partial charge in [-0.1, -0.05) is 6.42 Å². The molecule has 0 atom stereocenters. The Kier molecular flexibility index (Phi) is 1.01. The molecule has 0 spiro atoms. The van der Waals surface area contributed by atoms with Crippen LogP contribution in [0.15, 0.2) is 0 Å². The van der Waals surface area contributed by atoms with E-state index in [-0.39, 0.29) is 0 Å².